The molecule has 0 radical (unpaired) electrons. The van der Waals surface area contributed by atoms with E-state index < -0.39 is 10.0 Å². The van der Waals surface area contributed by atoms with E-state index >= 15 is 0 Å². The molecule has 20 heavy (non-hydrogen) atoms. The van der Waals surface area contributed by atoms with Gasteiger partial charge in [-0.15, -0.1) is 0 Å². The Bertz CT molecular complexity index is 605. The predicted octanol–water partition coefficient (Wildman–Crippen LogP) is 0.220. The van der Waals surface area contributed by atoms with Gasteiger partial charge in [0.15, 0.2) is 0 Å². The quantitative estimate of drug-likeness (QED) is 0.863. The monoisotopic (exact) mass is 320 g/mol. The first-order valence-corrected chi connectivity index (χ1v) is 8.08. The second kappa shape index (κ2) is 5.71. The largest absolute Gasteiger partial charge is 0.359 e. The molecule has 1 fully saturated rings. The van der Waals surface area contributed by atoms with Crippen LogP contribution in [0, 0.1) is 5.92 Å². The second-order valence-corrected chi connectivity index (χ2v) is 6.96. The Balaban J connectivity index is 2.14. The van der Waals surface area contributed by atoms with E-state index in [4.69, 9.17) is 11.6 Å². The fourth-order valence-electron chi connectivity index (χ4n) is 2.25. The molecule has 2 heterocycles. The number of nitrogens with one attached hydrogen (secondary N) is 1. The third-order valence-corrected chi connectivity index (χ3v) is 5.88. The van der Waals surface area contributed by atoms with Gasteiger partial charge in [-0.1, -0.05) is 11.6 Å². The van der Waals surface area contributed by atoms with E-state index in [2.05, 4.69) is 10.3 Å². The van der Waals surface area contributed by atoms with E-state index in [-0.39, 0.29) is 22.0 Å². The molecule has 1 aromatic heterocycles. The van der Waals surface area contributed by atoms with Gasteiger partial charge in [0.05, 0.1) is 6.33 Å². The third-order valence-electron chi connectivity index (χ3n) is 3.49. The zero-order valence-electron chi connectivity index (χ0n) is 11.3. The van der Waals surface area contributed by atoms with Gasteiger partial charge in [0.2, 0.25) is 10.9 Å². The molecule has 1 N–H and O–H groups in total. The molecule has 0 bridgehead atoms. The molecule has 0 unspecified atom stereocenters. The molecule has 1 saturated heterocycles. The molecule has 7 nitrogen and oxygen atoms in total. The van der Waals surface area contributed by atoms with Gasteiger partial charge in [-0.2, -0.15) is 4.31 Å². The number of aryl methyl sites for hydroxylation is 1. The van der Waals surface area contributed by atoms with Crippen molar-refractivity contribution in [2.45, 2.75) is 17.9 Å². The number of hydrogen-bond acceptors (Lipinski definition) is 4. The number of piperidine rings is 1. The second-order valence-electron chi connectivity index (χ2n) is 4.74. The molecule has 0 saturated carbocycles. The van der Waals surface area contributed by atoms with E-state index in [0.29, 0.717) is 25.9 Å². The van der Waals surface area contributed by atoms with Gasteiger partial charge in [-0.3, -0.25) is 4.79 Å². The fraction of sp³-hybridized carbons (Fsp3) is 0.636. The minimum Gasteiger partial charge on any atom is -0.359 e. The van der Waals surface area contributed by atoms with Crippen LogP contribution in [0.4, 0.5) is 0 Å². The Morgan fingerprint density at radius 3 is 2.50 bits per heavy atom. The summed E-state index contributed by atoms with van der Waals surface area (Å²) in [5.41, 5.74) is 0. The highest BCUT2D eigenvalue weighted by atomic mass is 35.5. The Kier molecular flexibility index (Phi) is 4.36. The number of carbonyl (C=O) groups is 1. The number of hydrogen-bond donors (Lipinski definition) is 1. The summed E-state index contributed by atoms with van der Waals surface area (Å²) in [6, 6.07) is 0. The summed E-state index contributed by atoms with van der Waals surface area (Å²) in [4.78, 5) is 15.4. The molecule has 1 aliphatic heterocycles. The van der Waals surface area contributed by atoms with E-state index in [9.17, 15) is 13.2 Å². The number of carbonyl (C=O) groups excluding carboxylic acids is 1. The summed E-state index contributed by atoms with van der Waals surface area (Å²) in [5, 5.41) is 2.56. The van der Waals surface area contributed by atoms with Crippen molar-refractivity contribution in [3.05, 3.63) is 11.5 Å². The average Bonchev–Trinajstić information content (AvgIpc) is 2.79. The highest BCUT2D eigenvalue weighted by molar-refractivity contribution is 7.89. The SMILES string of the molecule is CNC(=O)C1CCN(S(=O)(=O)c2ncn(C)c2Cl)CC1. The van der Waals surface area contributed by atoms with Crippen molar-refractivity contribution in [2.24, 2.45) is 13.0 Å². The van der Waals surface area contributed by atoms with Crippen LogP contribution in [0.2, 0.25) is 5.15 Å². The van der Waals surface area contributed by atoms with Crippen LogP contribution >= 0.6 is 11.6 Å². The van der Waals surface area contributed by atoms with Gasteiger partial charge in [0.1, 0.15) is 5.15 Å². The number of rotatable bonds is 3. The van der Waals surface area contributed by atoms with Crippen LogP contribution in [0.15, 0.2) is 11.4 Å². The van der Waals surface area contributed by atoms with Crippen molar-refractivity contribution < 1.29 is 13.2 Å². The minimum absolute atomic E-state index is 0.0436. The topological polar surface area (TPSA) is 84.3 Å². The number of imidazole rings is 1. The lowest BCUT2D eigenvalue weighted by Crippen LogP contribution is -2.42. The maximum absolute atomic E-state index is 12.4. The summed E-state index contributed by atoms with van der Waals surface area (Å²) in [7, 11) is -0.476. The predicted molar refractivity (Wildman–Crippen MR) is 73.8 cm³/mol. The first kappa shape index (κ1) is 15.3. The molecule has 2 rings (SSSR count). The van der Waals surface area contributed by atoms with Crippen LogP contribution in [0.1, 0.15) is 12.8 Å². The molecule has 0 atom stereocenters. The molecule has 1 aromatic rings. The first-order valence-electron chi connectivity index (χ1n) is 6.26. The maximum Gasteiger partial charge on any atom is 0.263 e. The number of amides is 1. The lowest BCUT2D eigenvalue weighted by Gasteiger charge is -2.29. The van der Waals surface area contributed by atoms with E-state index in [1.807, 2.05) is 0 Å². The zero-order valence-corrected chi connectivity index (χ0v) is 12.9. The molecule has 0 aromatic carbocycles. The van der Waals surface area contributed by atoms with Crippen LogP contribution in [-0.2, 0) is 21.9 Å². The standard InChI is InChI=1S/C11H17ClN4O3S/c1-13-10(17)8-3-5-16(6-4-8)20(18,19)11-9(12)15(2)7-14-11/h7-8H,3-6H2,1-2H3,(H,13,17). The smallest absolute Gasteiger partial charge is 0.263 e. The van der Waals surface area contributed by atoms with Crippen LogP contribution in [0.5, 0.6) is 0 Å². The van der Waals surface area contributed by atoms with Gasteiger partial charge in [-0.25, -0.2) is 13.4 Å². The van der Waals surface area contributed by atoms with Gasteiger partial charge in [-0.05, 0) is 12.8 Å². The van der Waals surface area contributed by atoms with Crippen molar-refractivity contribution in [1.82, 2.24) is 19.2 Å². The molecule has 0 spiro atoms. The molecule has 1 amide bonds. The maximum atomic E-state index is 12.4. The summed E-state index contributed by atoms with van der Waals surface area (Å²) in [6.45, 7) is 0.598. The Labute approximate surface area is 123 Å². The number of halogens is 1. The van der Waals surface area contributed by atoms with Crippen LogP contribution in [0.25, 0.3) is 0 Å². The van der Waals surface area contributed by atoms with Crippen molar-refractivity contribution in [3.8, 4) is 0 Å². The Morgan fingerprint density at radius 2 is 2.05 bits per heavy atom. The van der Waals surface area contributed by atoms with Crippen molar-refractivity contribution in [2.75, 3.05) is 20.1 Å². The normalized spacial score (nSPS) is 18.1. The van der Waals surface area contributed by atoms with Gasteiger partial charge in [0.25, 0.3) is 10.0 Å². The van der Waals surface area contributed by atoms with Crippen LogP contribution < -0.4 is 5.32 Å². The molecule has 1 aliphatic rings. The summed E-state index contributed by atoms with van der Waals surface area (Å²) < 4.78 is 27.6. The third kappa shape index (κ3) is 2.68. The van der Waals surface area contributed by atoms with Crippen molar-refractivity contribution >= 4 is 27.5 Å². The Hall–Kier alpha value is -1.12. The highest BCUT2D eigenvalue weighted by Crippen LogP contribution is 2.26. The van der Waals surface area contributed by atoms with Crippen molar-refractivity contribution in [1.29, 1.82) is 0 Å². The number of aromatic nitrogens is 2. The van der Waals surface area contributed by atoms with E-state index in [0.717, 1.165) is 0 Å². The molecular formula is C11H17ClN4O3S. The molecule has 0 aliphatic carbocycles. The average molecular weight is 321 g/mol. The van der Waals surface area contributed by atoms with Crippen LogP contribution in [-0.4, -0.2) is 48.3 Å². The van der Waals surface area contributed by atoms with Gasteiger partial charge < -0.3 is 9.88 Å². The van der Waals surface area contributed by atoms with Crippen LogP contribution in [0.3, 0.4) is 0 Å². The molecule has 112 valence electrons. The molecule has 9 heteroatoms. The lowest BCUT2D eigenvalue weighted by atomic mass is 9.97. The number of sulfonamides is 1. The Morgan fingerprint density at radius 1 is 1.45 bits per heavy atom. The lowest BCUT2D eigenvalue weighted by molar-refractivity contribution is -0.125. The first-order chi connectivity index (χ1) is 9.37. The van der Waals surface area contributed by atoms with Crippen molar-refractivity contribution in [3.63, 3.8) is 0 Å². The summed E-state index contributed by atoms with van der Waals surface area (Å²) in [6.07, 6.45) is 2.37. The number of nitrogens with zero attached hydrogens (tertiary/aromatic N) is 3. The van der Waals surface area contributed by atoms with Gasteiger partial charge >= 0.3 is 0 Å². The summed E-state index contributed by atoms with van der Waals surface area (Å²) >= 11 is 5.94. The highest BCUT2D eigenvalue weighted by Gasteiger charge is 2.34. The van der Waals surface area contributed by atoms with Gasteiger partial charge in [0, 0.05) is 33.1 Å². The summed E-state index contributed by atoms with van der Waals surface area (Å²) in [5.74, 6) is -0.177. The van der Waals surface area contributed by atoms with E-state index in [1.54, 1.807) is 14.1 Å². The zero-order chi connectivity index (χ0) is 14.9. The van der Waals surface area contributed by atoms with E-state index in [1.165, 1.54) is 15.2 Å². The molecular weight excluding hydrogens is 304 g/mol. The minimum atomic E-state index is -3.69. The fourth-order valence-corrected chi connectivity index (χ4v) is 4.11.